The molecular weight excluding hydrogens is 124 g/mol. The molecule has 0 aromatic carbocycles. The quantitative estimate of drug-likeness (QED) is 0.356. The fourth-order valence-corrected chi connectivity index (χ4v) is 0.770. The lowest BCUT2D eigenvalue weighted by atomic mass is 10.8. The van der Waals surface area contributed by atoms with Crippen LogP contribution in [0.3, 0.4) is 0 Å². The van der Waals surface area contributed by atoms with Crippen LogP contribution in [0.25, 0.3) is 0 Å². The highest BCUT2D eigenvalue weighted by molar-refractivity contribution is 6.20. The van der Waals surface area contributed by atoms with E-state index in [0.29, 0.717) is 0 Å². The van der Waals surface area contributed by atoms with Crippen LogP contribution in [0.15, 0.2) is 12.4 Å². The lowest BCUT2D eigenvalue weighted by molar-refractivity contribution is 0.293. The van der Waals surface area contributed by atoms with Gasteiger partial charge in [0.25, 0.3) is 0 Å². The molecule has 1 aliphatic rings. The van der Waals surface area contributed by atoms with Crippen LogP contribution in [-0.2, 0) is 0 Å². The lowest BCUT2D eigenvalue weighted by Gasteiger charge is -2.19. The fourth-order valence-electron chi connectivity index (χ4n) is 0.640. The van der Waals surface area contributed by atoms with Gasteiger partial charge in [0, 0.05) is 26.5 Å². The molecule has 0 unspecified atom stereocenters. The standard InChI is InChI=1S/C5H9ClN2/c1-7-3-4-8(2)5(7)6/h3-5H,1-2H3. The first-order chi connectivity index (χ1) is 3.72. The van der Waals surface area contributed by atoms with Gasteiger partial charge in [0.2, 0.25) is 0 Å². The van der Waals surface area contributed by atoms with Crippen LogP contribution in [0.5, 0.6) is 0 Å². The maximum absolute atomic E-state index is 5.80. The van der Waals surface area contributed by atoms with Gasteiger partial charge in [-0.05, 0) is 0 Å². The largest absolute Gasteiger partial charge is 0.347 e. The van der Waals surface area contributed by atoms with Crippen molar-refractivity contribution in [3.05, 3.63) is 12.4 Å². The number of alkyl halides is 1. The van der Waals surface area contributed by atoms with E-state index in [2.05, 4.69) is 0 Å². The van der Waals surface area contributed by atoms with Gasteiger partial charge in [0.15, 0.2) is 5.62 Å². The van der Waals surface area contributed by atoms with Gasteiger partial charge in [-0.1, -0.05) is 11.6 Å². The SMILES string of the molecule is CN1C=CN(C)C1Cl. The van der Waals surface area contributed by atoms with E-state index in [9.17, 15) is 0 Å². The van der Waals surface area contributed by atoms with E-state index < -0.39 is 0 Å². The van der Waals surface area contributed by atoms with Crippen LogP contribution in [-0.4, -0.2) is 29.5 Å². The summed E-state index contributed by atoms with van der Waals surface area (Å²) in [5, 5.41) is 0. The Hall–Kier alpha value is -0.370. The van der Waals surface area contributed by atoms with Crippen LogP contribution >= 0.6 is 11.6 Å². The third-order valence-electron chi connectivity index (χ3n) is 1.21. The molecule has 1 rings (SSSR count). The van der Waals surface area contributed by atoms with E-state index >= 15 is 0 Å². The zero-order chi connectivity index (χ0) is 6.15. The normalized spacial score (nSPS) is 20.9. The Bertz CT molecular complexity index is 101. The first kappa shape index (κ1) is 5.76. The Labute approximate surface area is 54.3 Å². The van der Waals surface area contributed by atoms with Gasteiger partial charge in [-0.2, -0.15) is 0 Å². The van der Waals surface area contributed by atoms with E-state index in [1.54, 1.807) is 0 Å². The van der Waals surface area contributed by atoms with Crippen molar-refractivity contribution in [1.82, 2.24) is 9.80 Å². The Morgan fingerprint density at radius 3 is 1.75 bits per heavy atom. The smallest absolute Gasteiger partial charge is 0.179 e. The van der Waals surface area contributed by atoms with Gasteiger partial charge < -0.3 is 9.80 Å². The molecule has 0 bridgehead atoms. The predicted octanol–water partition coefficient (Wildman–Crippen LogP) is 0.857. The summed E-state index contributed by atoms with van der Waals surface area (Å²) in [4.78, 5) is 3.86. The van der Waals surface area contributed by atoms with Crippen LogP contribution in [0.4, 0.5) is 0 Å². The summed E-state index contributed by atoms with van der Waals surface area (Å²) >= 11 is 5.80. The highest BCUT2D eigenvalue weighted by Gasteiger charge is 2.15. The third-order valence-corrected chi connectivity index (χ3v) is 1.82. The van der Waals surface area contributed by atoms with Gasteiger partial charge >= 0.3 is 0 Å². The molecule has 1 aliphatic heterocycles. The first-order valence-corrected chi connectivity index (χ1v) is 2.92. The number of hydrogen-bond acceptors (Lipinski definition) is 2. The minimum absolute atomic E-state index is 0.00926. The molecule has 3 heteroatoms. The molecule has 0 aromatic heterocycles. The summed E-state index contributed by atoms with van der Waals surface area (Å²) in [7, 11) is 3.88. The van der Waals surface area contributed by atoms with E-state index in [1.165, 1.54) is 0 Å². The average Bonchev–Trinajstić information content (AvgIpc) is 1.98. The van der Waals surface area contributed by atoms with Crippen LogP contribution in [0.1, 0.15) is 0 Å². The highest BCUT2D eigenvalue weighted by Crippen LogP contribution is 2.13. The number of hydrogen-bond donors (Lipinski definition) is 0. The van der Waals surface area contributed by atoms with Crippen molar-refractivity contribution in [3.8, 4) is 0 Å². The minimum atomic E-state index is 0.00926. The maximum atomic E-state index is 5.80. The molecule has 0 atom stereocenters. The van der Waals surface area contributed by atoms with Crippen molar-refractivity contribution in [2.45, 2.75) is 5.62 Å². The monoisotopic (exact) mass is 132 g/mol. The van der Waals surface area contributed by atoms with Crippen molar-refractivity contribution in [1.29, 1.82) is 0 Å². The van der Waals surface area contributed by atoms with E-state index in [-0.39, 0.29) is 5.62 Å². The Balaban J connectivity index is 2.55. The summed E-state index contributed by atoms with van der Waals surface area (Å²) in [6, 6.07) is 0. The van der Waals surface area contributed by atoms with Crippen LogP contribution in [0, 0.1) is 0 Å². The molecule has 0 radical (unpaired) electrons. The predicted molar refractivity (Wildman–Crippen MR) is 34.3 cm³/mol. The van der Waals surface area contributed by atoms with Crippen molar-refractivity contribution in [2.75, 3.05) is 14.1 Å². The average molecular weight is 133 g/mol. The highest BCUT2D eigenvalue weighted by atomic mass is 35.5. The Kier molecular flexibility index (Phi) is 1.34. The molecule has 0 saturated heterocycles. The van der Waals surface area contributed by atoms with E-state index in [4.69, 9.17) is 11.6 Å². The molecule has 0 spiro atoms. The van der Waals surface area contributed by atoms with Gasteiger partial charge in [0.1, 0.15) is 0 Å². The van der Waals surface area contributed by atoms with E-state index in [1.807, 2.05) is 36.3 Å². The maximum Gasteiger partial charge on any atom is 0.179 e. The van der Waals surface area contributed by atoms with Gasteiger partial charge in [-0.3, -0.25) is 0 Å². The number of rotatable bonds is 0. The molecule has 8 heavy (non-hydrogen) atoms. The third kappa shape index (κ3) is 0.757. The van der Waals surface area contributed by atoms with Crippen molar-refractivity contribution in [3.63, 3.8) is 0 Å². The summed E-state index contributed by atoms with van der Waals surface area (Å²) in [6.07, 6.45) is 3.88. The first-order valence-electron chi connectivity index (χ1n) is 2.48. The topological polar surface area (TPSA) is 6.48 Å². The number of halogens is 1. The molecule has 0 aliphatic carbocycles. The van der Waals surface area contributed by atoms with Crippen molar-refractivity contribution < 1.29 is 0 Å². The second kappa shape index (κ2) is 1.86. The Morgan fingerprint density at radius 1 is 1.25 bits per heavy atom. The molecule has 0 saturated carbocycles. The molecule has 1 heterocycles. The molecule has 2 nitrogen and oxygen atoms in total. The number of nitrogens with zero attached hydrogens (tertiary/aromatic N) is 2. The fraction of sp³-hybridized carbons (Fsp3) is 0.600. The van der Waals surface area contributed by atoms with Gasteiger partial charge in [-0.15, -0.1) is 0 Å². The second-order valence-electron chi connectivity index (χ2n) is 1.94. The Morgan fingerprint density at radius 2 is 1.62 bits per heavy atom. The molecular formula is C5H9ClN2. The summed E-state index contributed by atoms with van der Waals surface area (Å²) in [5.41, 5.74) is 0.00926. The molecule has 0 aromatic rings. The summed E-state index contributed by atoms with van der Waals surface area (Å²) < 4.78 is 0. The molecule has 0 N–H and O–H groups in total. The summed E-state index contributed by atoms with van der Waals surface area (Å²) in [6.45, 7) is 0. The van der Waals surface area contributed by atoms with Crippen molar-refractivity contribution >= 4 is 11.6 Å². The second-order valence-corrected chi connectivity index (χ2v) is 2.33. The van der Waals surface area contributed by atoms with E-state index in [0.717, 1.165) is 0 Å². The van der Waals surface area contributed by atoms with Crippen molar-refractivity contribution in [2.24, 2.45) is 0 Å². The zero-order valence-electron chi connectivity index (χ0n) is 5.00. The molecule has 0 fully saturated rings. The van der Waals surface area contributed by atoms with Gasteiger partial charge in [-0.25, -0.2) is 0 Å². The lowest BCUT2D eigenvalue weighted by Crippen LogP contribution is -2.27. The molecule has 0 amide bonds. The summed E-state index contributed by atoms with van der Waals surface area (Å²) in [5.74, 6) is 0. The van der Waals surface area contributed by atoms with Crippen LogP contribution < -0.4 is 0 Å². The minimum Gasteiger partial charge on any atom is -0.347 e. The zero-order valence-corrected chi connectivity index (χ0v) is 5.76. The van der Waals surface area contributed by atoms with Gasteiger partial charge in [0.05, 0.1) is 0 Å². The van der Waals surface area contributed by atoms with Crippen LogP contribution in [0.2, 0.25) is 0 Å². The molecule has 46 valence electrons.